The van der Waals surface area contributed by atoms with Gasteiger partial charge in [-0.1, -0.05) is 0 Å². The maximum atomic E-state index is 9.95. The second-order valence-electron chi connectivity index (χ2n) is 1.44. The van der Waals surface area contributed by atoms with Crippen molar-refractivity contribution in [3.63, 3.8) is 0 Å². The Labute approximate surface area is 39.6 Å². The van der Waals surface area contributed by atoms with E-state index in [0.29, 0.717) is 0 Å². The summed E-state index contributed by atoms with van der Waals surface area (Å²) in [5.41, 5.74) is 0. The molecule has 0 bridgehead atoms. The molecule has 1 atom stereocenters. The zero-order valence-electron chi connectivity index (χ0n) is 3.67. The molecule has 0 aliphatic carbocycles. The first-order valence-corrected chi connectivity index (χ1v) is 1.75. The molecule has 7 heavy (non-hydrogen) atoms. The minimum Gasteiger partial charge on any atom is -0.354 e. The van der Waals surface area contributed by atoms with Crippen LogP contribution in [-0.2, 0) is 14.6 Å². The van der Waals surface area contributed by atoms with Crippen LogP contribution in [0.4, 0.5) is 0 Å². The molecule has 1 rings (SSSR count). The van der Waals surface area contributed by atoms with Crippen LogP contribution in [0, 0.1) is 0 Å². The van der Waals surface area contributed by atoms with Gasteiger partial charge in [-0.3, -0.25) is 4.89 Å². The predicted molar refractivity (Wildman–Crippen MR) is 17.8 cm³/mol. The fraction of sp³-hybridized carbons (Fsp3) is 0.667. The lowest BCUT2D eigenvalue weighted by molar-refractivity contribution is -0.451. The smallest absolute Gasteiger partial charge is 0.354 e. The first-order valence-electron chi connectivity index (χ1n) is 1.75. The van der Waals surface area contributed by atoms with Gasteiger partial charge in [-0.25, -0.2) is 4.79 Å². The molecule has 4 heteroatoms. The predicted octanol–water partition coefficient (Wildman–Crippen LogP) is -0.817. The molecule has 1 heterocycles. The molecule has 0 radical (unpaired) electrons. The van der Waals surface area contributed by atoms with Gasteiger partial charge in [-0.15, -0.1) is 4.89 Å². The van der Waals surface area contributed by atoms with Crippen molar-refractivity contribution in [3.05, 3.63) is 0 Å². The lowest BCUT2D eigenvalue weighted by Crippen LogP contribution is -2.49. The molecule has 0 amide bonds. The van der Waals surface area contributed by atoms with Gasteiger partial charge < -0.3 is 5.11 Å². The highest BCUT2D eigenvalue weighted by Crippen LogP contribution is 2.18. The van der Waals surface area contributed by atoms with Crippen LogP contribution in [-0.4, -0.2) is 16.9 Å². The Morgan fingerprint density at radius 1 is 1.86 bits per heavy atom. The Morgan fingerprint density at radius 3 is 2.29 bits per heavy atom. The summed E-state index contributed by atoms with van der Waals surface area (Å²) in [7, 11) is 0. The van der Waals surface area contributed by atoms with Gasteiger partial charge in [-0.2, -0.15) is 0 Å². The summed E-state index contributed by atoms with van der Waals surface area (Å²) in [6.07, 6.45) is 0. The summed E-state index contributed by atoms with van der Waals surface area (Å²) in [5, 5.41) is 8.48. The average Bonchev–Trinajstić information content (AvgIpc) is 1.63. The molecule has 1 aliphatic rings. The Hall–Kier alpha value is -0.610. The fourth-order valence-corrected chi connectivity index (χ4v) is 0.196. The average molecular weight is 104 g/mol. The molecule has 1 unspecified atom stereocenters. The van der Waals surface area contributed by atoms with Crippen LogP contribution in [0.1, 0.15) is 6.92 Å². The molecule has 0 aromatic heterocycles. The van der Waals surface area contributed by atoms with Gasteiger partial charge in [0.2, 0.25) is 0 Å². The topological polar surface area (TPSA) is 55.8 Å². The van der Waals surface area contributed by atoms with Gasteiger partial charge in [0.25, 0.3) is 0 Å². The van der Waals surface area contributed by atoms with Crippen molar-refractivity contribution in [1.82, 2.24) is 0 Å². The van der Waals surface area contributed by atoms with E-state index in [1.54, 1.807) is 0 Å². The van der Waals surface area contributed by atoms with Crippen LogP contribution in [0.5, 0.6) is 0 Å². The molecule has 1 fully saturated rings. The van der Waals surface area contributed by atoms with E-state index >= 15 is 0 Å². The molecule has 1 N–H and O–H groups in total. The third kappa shape index (κ3) is 0.477. The lowest BCUT2D eigenvalue weighted by atomic mass is 10.3. The van der Waals surface area contributed by atoms with E-state index in [4.69, 9.17) is 5.11 Å². The molecule has 1 saturated heterocycles. The van der Waals surface area contributed by atoms with Crippen molar-refractivity contribution in [1.29, 1.82) is 0 Å². The van der Waals surface area contributed by atoms with Crippen molar-refractivity contribution in [2.45, 2.75) is 12.7 Å². The zero-order valence-corrected chi connectivity index (χ0v) is 3.67. The molecule has 0 aromatic carbocycles. The maximum absolute atomic E-state index is 9.95. The summed E-state index contributed by atoms with van der Waals surface area (Å²) >= 11 is 0. The Bertz CT molecular complexity index is 106. The van der Waals surface area contributed by atoms with Crippen LogP contribution >= 0.6 is 0 Å². The molecule has 0 saturated carbocycles. The van der Waals surface area contributed by atoms with Crippen molar-refractivity contribution in [2.24, 2.45) is 0 Å². The molecule has 1 aliphatic heterocycles. The monoisotopic (exact) mass is 104 g/mol. The summed E-state index contributed by atoms with van der Waals surface area (Å²) in [4.78, 5) is 17.6. The molecule has 40 valence electrons. The van der Waals surface area contributed by atoms with Gasteiger partial charge in [-0.05, 0) is 0 Å². The van der Waals surface area contributed by atoms with E-state index in [-0.39, 0.29) is 0 Å². The Balaban J connectivity index is 2.59. The molecule has 0 aromatic rings. The first kappa shape index (κ1) is 4.55. The molecule has 4 nitrogen and oxygen atoms in total. The highest BCUT2D eigenvalue weighted by Gasteiger charge is 2.46. The largest absolute Gasteiger partial charge is 0.404 e. The van der Waals surface area contributed by atoms with Gasteiger partial charge in [0.05, 0.1) is 0 Å². The van der Waals surface area contributed by atoms with Gasteiger partial charge in [0, 0.05) is 6.92 Å². The number of carbonyl (C=O) groups is 1. The van der Waals surface area contributed by atoms with E-state index in [1.165, 1.54) is 6.92 Å². The summed E-state index contributed by atoms with van der Waals surface area (Å²) in [6, 6.07) is 0. The molecular weight excluding hydrogens is 100 g/mol. The number of hydrogen-bond donors (Lipinski definition) is 1. The normalized spacial score (nSPS) is 39.4. The zero-order chi connectivity index (χ0) is 5.49. The van der Waals surface area contributed by atoms with Crippen molar-refractivity contribution in [2.75, 3.05) is 0 Å². The van der Waals surface area contributed by atoms with Crippen LogP contribution in [0.25, 0.3) is 0 Å². The van der Waals surface area contributed by atoms with Crippen LogP contribution in [0.2, 0.25) is 0 Å². The van der Waals surface area contributed by atoms with Gasteiger partial charge >= 0.3 is 11.8 Å². The lowest BCUT2D eigenvalue weighted by Gasteiger charge is -2.26. The number of rotatable bonds is 0. The molecule has 0 spiro atoms. The van der Waals surface area contributed by atoms with Crippen molar-refractivity contribution in [3.8, 4) is 0 Å². The molecular formula is C3H4O4. The summed E-state index contributed by atoms with van der Waals surface area (Å²) < 4.78 is 0. The third-order valence-corrected chi connectivity index (χ3v) is 0.658. The Kier molecular flexibility index (Phi) is 0.625. The first-order chi connectivity index (χ1) is 3.13. The minimum atomic E-state index is -1.68. The van der Waals surface area contributed by atoms with E-state index in [1.807, 2.05) is 0 Å². The second-order valence-corrected chi connectivity index (χ2v) is 1.44. The highest BCUT2D eigenvalue weighted by atomic mass is 17.3. The third-order valence-electron chi connectivity index (χ3n) is 0.658. The second kappa shape index (κ2) is 0.962. The fourth-order valence-electron chi connectivity index (χ4n) is 0.196. The Morgan fingerprint density at radius 2 is 2.29 bits per heavy atom. The van der Waals surface area contributed by atoms with Gasteiger partial charge in [0.1, 0.15) is 0 Å². The van der Waals surface area contributed by atoms with E-state index in [9.17, 15) is 4.79 Å². The van der Waals surface area contributed by atoms with E-state index in [0.717, 1.165) is 0 Å². The minimum absolute atomic E-state index is 0.743. The maximum Gasteiger partial charge on any atom is 0.404 e. The van der Waals surface area contributed by atoms with E-state index < -0.39 is 11.8 Å². The number of carbonyl (C=O) groups excluding carboxylic acids is 1. The van der Waals surface area contributed by atoms with E-state index in [2.05, 4.69) is 9.78 Å². The SMILES string of the molecule is CC1(O)OOC1=O. The van der Waals surface area contributed by atoms with Crippen molar-refractivity contribution < 1.29 is 19.7 Å². The van der Waals surface area contributed by atoms with Crippen LogP contribution < -0.4 is 0 Å². The summed E-state index contributed by atoms with van der Waals surface area (Å²) in [5.74, 6) is -2.42. The van der Waals surface area contributed by atoms with Crippen molar-refractivity contribution >= 4 is 5.97 Å². The number of hydrogen-bond acceptors (Lipinski definition) is 4. The van der Waals surface area contributed by atoms with Gasteiger partial charge in [0.15, 0.2) is 0 Å². The highest BCUT2D eigenvalue weighted by molar-refractivity contribution is 5.79. The quantitative estimate of drug-likeness (QED) is 0.408. The van der Waals surface area contributed by atoms with Crippen LogP contribution in [0.3, 0.4) is 0 Å². The standard InChI is InChI=1S/C3H4O4/c1-3(5)2(4)6-7-3/h5H,1H3. The number of aliphatic hydroxyl groups is 1. The summed E-state index contributed by atoms with van der Waals surface area (Å²) in [6.45, 7) is 1.21. The van der Waals surface area contributed by atoms with Crippen LogP contribution in [0.15, 0.2) is 0 Å².